The van der Waals surface area contributed by atoms with E-state index in [-0.39, 0.29) is 23.1 Å². The lowest BCUT2D eigenvalue weighted by atomic mass is 9.89. The number of piperidine rings is 1. The second-order valence-corrected chi connectivity index (χ2v) is 9.62. The number of primary amides is 1. The Bertz CT molecular complexity index is 1090. The van der Waals surface area contributed by atoms with Crippen molar-refractivity contribution in [3.63, 3.8) is 0 Å². The molecular weight excluding hydrogens is 427 g/mol. The Labute approximate surface area is 192 Å². The van der Waals surface area contributed by atoms with Gasteiger partial charge in [-0.15, -0.1) is 0 Å². The molecule has 1 atom stereocenters. The van der Waals surface area contributed by atoms with Crippen molar-refractivity contribution in [2.45, 2.75) is 57.8 Å². The van der Waals surface area contributed by atoms with Crippen molar-refractivity contribution in [2.24, 2.45) is 5.73 Å². The minimum atomic E-state index is -1.38. The van der Waals surface area contributed by atoms with Crippen LogP contribution in [-0.2, 0) is 10.5 Å². The van der Waals surface area contributed by atoms with Gasteiger partial charge in [0.25, 0.3) is 5.79 Å². The van der Waals surface area contributed by atoms with Gasteiger partial charge in [-0.25, -0.2) is 9.18 Å². The Balaban J connectivity index is 1.51. The van der Waals surface area contributed by atoms with Gasteiger partial charge < -0.3 is 24.8 Å². The molecule has 1 fully saturated rings. The molecule has 2 aliphatic rings. The summed E-state index contributed by atoms with van der Waals surface area (Å²) in [5.41, 5.74) is 5.93. The van der Waals surface area contributed by atoms with Crippen molar-refractivity contribution in [1.82, 2.24) is 4.90 Å². The van der Waals surface area contributed by atoms with Crippen LogP contribution in [0.5, 0.6) is 11.5 Å². The molecule has 2 aromatic carbocycles. The summed E-state index contributed by atoms with van der Waals surface area (Å²) in [5, 5.41) is 0. The number of ether oxygens (including phenoxy) is 3. The van der Waals surface area contributed by atoms with Gasteiger partial charge in [-0.1, -0.05) is 12.1 Å². The SMILES string of the molecule is CC(C)(C)OC(=O)N1CCC(c2cccc3c2OC(C)(c2ccc(C(N)=O)cc2F)O3)CC1. The lowest BCUT2D eigenvalue weighted by Crippen LogP contribution is -2.41. The Morgan fingerprint density at radius 2 is 1.85 bits per heavy atom. The lowest BCUT2D eigenvalue weighted by molar-refractivity contribution is -0.0712. The maximum absolute atomic E-state index is 14.8. The highest BCUT2D eigenvalue weighted by Gasteiger charge is 2.43. The van der Waals surface area contributed by atoms with Crippen LogP contribution in [0.1, 0.15) is 67.9 Å². The molecule has 0 aromatic heterocycles. The van der Waals surface area contributed by atoms with Crippen molar-refractivity contribution in [1.29, 1.82) is 0 Å². The molecule has 176 valence electrons. The van der Waals surface area contributed by atoms with Crippen LogP contribution < -0.4 is 15.2 Å². The Kier molecular flexibility index (Phi) is 5.72. The second-order valence-electron chi connectivity index (χ2n) is 9.62. The van der Waals surface area contributed by atoms with E-state index in [1.165, 1.54) is 12.1 Å². The first-order valence-electron chi connectivity index (χ1n) is 11.1. The first-order chi connectivity index (χ1) is 15.5. The first kappa shape index (κ1) is 22.9. The molecule has 33 heavy (non-hydrogen) atoms. The molecule has 0 spiro atoms. The molecule has 0 aliphatic carbocycles. The number of amides is 2. The monoisotopic (exact) mass is 456 g/mol. The maximum atomic E-state index is 14.8. The fourth-order valence-electron chi connectivity index (χ4n) is 4.32. The van der Waals surface area contributed by atoms with Gasteiger partial charge in [-0.2, -0.15) is 0 Å². The average Bonchev–Trinajstić information content (AvgIpc) is 3.09. The third-order valence-electron chi connectivity index (χ3n) is 5.94. The van der Waals surface area contributed by atoms with Gasteiger partial charge in [-0.05, 0) is 63.8 Å². The van der Waals surface area contributed by atoms with Gasteiger partial charge in [-0.3, -0.25) is 4.79 Å². The van der Waals surface area contributed by atoms with Crippen molar-refractivity contribution >= 4 is 12.0 Å². The van der Waals surface area contributed by atoms with Crippen molar-refractivity contribution in [3.8, 4) is 11.5 Å². The quantitative estimate of drug-likeness (QED) is 0.724. The first-order valence-corrected chi connectivity index (χ1v) is 11.1. The number of carbonyl (C=O) groups is 2. The van der Waals surface area contributed by atoms with Crippen molar-refractivity contribution < 1.29 is 28.2 Å². The number of rotatable bonds is 3. The highest BCUT2D eigenvalue weighted by molar-refractivity contribution is 5.92. The van der Waals surface area contributed by atoms with Crippen LogP contribution >= 0.6 is 0 Å². The van der Waals surface area contributed by atoms with E-state index in [0.29, 0.717) is 24.6 Å². The number of para-hydroxylation sites is 1. The number of hydrogen-bond acceptors (Lipinski definition) is 5. The highest BCUT2D eigenvalue weighted by atomic mass is 19.1. The molecule has 8 heteroatoms. The summed E-state index contributed by atoms with van der Waals surface area (Å²) in [6.45, 7) is 8.34. The number of hydrogen-bond donors (Lipinski definition) is 1. The molecule has 0 saturated carbocycles. The smallest absolute Gasteiger partial charge is 0.410 e. The minimum Gasteiger partial charge on any atom is -0.444 e. The van der Waals surface area contributed by atoms with Crippen molar-refractivity contribution in [3.05, 3.63) is 58.9 Å². The van der Waals surface area contributed by atoms with E-state index in [0.717, 1.165) is 24.5 Å². The third kappa shape index (κ3) is 4.60. The number of nitrogens with two attached hydrogens (primary N) is 1. The molecule has 2 heterocycles. The third-order valence-corrected chi connectivity index (χ3v) is 5.94. The molecule has 1 unspecified atom stereocenters. The number of nitrogens with zero attached hydrogens (tertiary/aromatic N) is 1. The molecule has 2 aliphatic heterocycles. The number of halogens is 1. The molecule has 1 saturated heterocycles. The lowest BCUT2D eigenvalue weighted by Gasteiger charge is -2.34. The standard InChI is InChI=1S/C25H29FN2O5/c1-24(2,3)33-23(30)28-12-10-15(11-13-28)17-6-5-7-20-21(17)32-25(4,31-20)18-9-8-16(22(27)29)14-19(18)26/h5-9,14-15H,10-13H2,1-4H3,(H2,27,29). The largest absolute Gasteiger partial charge is 0.444 e. The van der Waals surface area contributed by atoms with E-state index < -0.39 is 23.1 Å². The predicted octanol–water partition coefficient (Wildman–Crippen LogP) is 4.68. The van der Waals surface area contributed by atoms with E-state index in [9.17, 15) is 14.0 Å². The summed E-state index contributed by atoms with van der Waals surface area (Å²) in [6.07, 6.45) is 1.19. The predicted molar refractivity (Wildman–Crippen MR) is 120 cm³/mol. The zero-order valence-electron chi connectivity index (χ0n) is 19.3. The van der Waals surface area contributed by atoms with Gasteiger partial charge in [0.15, 0.2) is 11.5 Å². The van der Waals surface area contributed by atoms with E-state index in [1.54, 1.807) is 17.9 Å². The van der Waals surface area contributed by atoms with Crippen LogP contribution in [0.4, 0.5) is 9.18 Å². The number of likely N-dealkylation sites (tertiary alicyclic amines) is 1. The van der Waals surface area contributed by atoms with Crippen LogP contribution in [0.25, 0.3) is 0 Å². The van der Waals surface area contributed by atoms with Crippen LogP contribution in [-0.4, -0.2) is 35.6 Å². The van der Waals surface area contributed by atoms with Gasteiger partial charge in [0.05, 0.1) is 5.56 Å². The second kappa shape index (κ2) is 8.24. The van der Waals surface area contributed by atoms with Gasteiger partial charge in [0.2, 0.25) is 5.91 Å². The summed E-state index contributed by atoms with van der Waals surface area (Å²) < 4.78 is 32.5. The Morgan fingerprint density at radius 1 is 1.15 bits per heavy atom. The molecule has 0 bridgehead atoms. The zero-order chi connectivity index (χ0) is 24.0. The fourth-order valence-corrected chi connectivity index (χ4v) is 4.32. The minimum absolute atomic E-state index is 0.0767. The van der Waals surface area contributed by atoms with Crippen LogP contribution in [0, 0.1) is 5.82 Å². The maximum Gasteiger partial charge on any atom is 0.410 e. The van der Waals surface area contributed by atoms with Gasteiger partial charge >= 0.3 is 6.09 Å². The Hall–Kier alpha value is -3.29. The average molecular weight is 457 g/mol. The Morgan fingerprint density at radius 3 is 2.45 bits per heavy atom. The summed E-state index contributed by atoms with van der Waals surface area (Å²) in [4.78, 5) is 25.5. The van der Waals surface area contributed by atoms with Gasteiger partial charge in [0, 0.05) is 31.1 Å². The summed E-state index contributed by atoms with van der Waals surface area (Å²) >= 11 is 0. The van der Waals surface area contributed by atoms with E-state index in [1.807, 2.05) is 32.9 Å². The number of fused-ring (bicyclic) bond motifs is 1. The van der Waals surface area contributed by atoms with Crippen molar-refractivity contribution in [2.75, 3.05) is 13.1 Å². The molecule has 2 amide bonds. The van der Waals surface area contributed by atoms with Gasteiger partial charge in [0.1, 0.15) is 11.4 Å². The summed E-state index contributed by atoms with van der Waals surface area (Å²) in [6, 6.07) is 9.65. The van der Waals surface area contributed by atoms with E-state index in [4.69, 9.17) is 19.9 Å². The number of benzene rings is 2. The normalized spacial score (nSPS) is 20.6. The van der Waals surface area contributed by atoms with E-state index >= 15 is 0 Å². The van der Waals surface area contributed by atoms with Crippen LogP contribution in [0.2, 0.25) is 0 Å². The molecule has 2 N–H and O–H groups in total. The topological polar surface area (TPSA) is 91.1 Å². The van der Waals surface area contributed by atoms with Crippen LogP contribution in [0.15, 0.2) is 36.4 Å². The summed E-state index contributed by atoms with van der Waals surface area (Å²) in [5.74, 6) is -1.45. The fraction of sp³-hybridized carbons (Fsp3) is 0.440. The molecule has 4 rings (SSSR count). The molecular formula is C25H29FN2O5. The molecule has 2 aromatic rings. The summed E-state index contributed by atoms with van der Waals surface area (Å²) in [7, 11) is 0. The van der Waals surface area contributed by atoms with Crippen LogP contribution in [0.3, 0.4) is 0 Å². The highest BCUT2D eigenvalue weighted by Crippen LogP contribution is 2.49. The number of carbonyl (C=O) groups excluding carboxylic acids is 2. The zero-order valence-corrected chi connectivity index (χ0v) is 19.3. The molecule has 7 nitrogen and oxygen atoms in total. The molecule has 0 radical (unpaired) electrons. The van der Waals surface area contributed by atoms with E-state index in [2.05, 4.69) is 0 Å².